The molecule has 2 N–H and O–H groups in total. The van der Waals surface area contributed by atoms with Crippen molar-refractivity contribution in [3.05, 3.63) is 0 Å². The van der Waals surface area contributed by atoms with E-state index in [-0.39, 0.29) is 6.10 Å². The molecule has 0 bridgehead atoms. The van der Waals surface area contributed by atoms with E-state index in [1.807, 2.05) is 13.8 Å². The van der Waals surface area contributed by atoms with Crippen molar-refractivity contribution in [3.63, 3.8) is 0 Å². The maximum atomic E-state index is 9.04. The minimum atomic E-state index is -0.0900. The van der Waals surface area contributed by atoms with Gasteiger partial charge in [-0.25, -0.2) is 0 Å². The fraction of sp³-hybridized carbons (Fsp3) is 1.00. The van der Waals surface area contributed by atoms with Gasteiger partial charge in [-0.2, -0.15) is 0 Å². The standard InChI is InChI=1S/C7H14O2.C2H6/c8-5-6-1-3-7(9)4-2-6;1-2/h6-9H,1-5H2;1-2H3. The maximum absolute atomic E-state index is 9.04. The van der Waals surface area contributed by atoms with Crippen LogP contribution in [0.5, 0.6) is 0 Å². The minimum absolute atomic E-state index is 0.0900. The van der Waals surface area contributed by atoms with E-state index in [0.29, 0.717) is 12.5 Å². The quantitative estimate of drug-likeness (QED) is 0.611. The molecule has 1 aliphatic carbocycles. The van der Waals surface area contributed by atoms with E-state index < -0.39 is 0 Å². The van der Waals surface area contributed by atoms with E-state index in [9.17, 15) is 0 Å². The molecule has 1 saturated carbocycles. The highest BCUT2D eigenvalue weighted by atomic mass is 16.3. The van der Waals surface area contributed by atoms with Crippen LogP contribution in [0.15, 0.2) is 0 Å². The van der Waals surface area contributed by atoms with Crippen LogP contribution in [-0.4, -0.2) is 22.9 Å². The van der Waals surface area contributed by atoms with Gasteiger partial charge in [0.15, 0.2) is 0 Å². The zero-order chi connectivity index (χ0) is 8.69. The molecule has 2 nitrogen and oxygen atoms in total. The second-order valence-electron chi connectivity index (χ2n) is 2.86. The predicted octanol–water partition coefficient (Wildman–Crippen LogP) is 1.56. The first-order valence-corrected chi connectivity index (χ1v) is 4.62. The Morgan fingerprint density at radius 1 is 1.09 bits per heavy atom. The monoisotopic (exact) mass is 160 g/mol. The van der Waals surface area contributed by atoms with Crippen molar-refractivity contribution in [2.45, 2.75) is 45.6 Å². The average Bonchev–Trinajstić information content (AvgIpc) is 2.10. The molecule has 0 aromatic heterocycles. The van der Waals surface area contributed by atoms with Gasteiger partial charge in [0, 0.05) is 6.61 Å². The molecule has 0 aliphatic heterocycles. The summed E-state index contributed by atoms with van der Waals surface area (Å²) in [5.41, 5.74) is 0. The minimum Gasteiger partial charge on any atom is -0.396 e. The van der Waals surface area contributed by atoms with E-state index in [1.165, 1.54) is 0 Å². The lowest BCUT2D eigenvalue weighted by atomic mass is 9.88. The van der Waals surface area contributed by atoms with Crippen molar-refractivity contribution in [3.8, 4) is 0 Å². The Morgan fingerprint density at radius 3 is 1.91 bits per heavy atom. The van der Waals surface area contributed by atoms with Gasteiger partial charge in [0.1, 0.15) is 0 Å². The van der Waals surface area contributed by atoms with Crippen molar-refractivity contribution in [2.75, 3.05) is 6.61 Å². The summed E-state index contributed by atoms with van der Waals surface area (Å²) in [5.74, 6) is 0.466. The van der Waals surface area contributed by atoms with Crippen LogP contribution in [0.25, 0.3) is 0 Å². The SMILES string of the molecule is CC.OCC1CCC(O)CC1. The first-order chi connectivity index (χ1) is 5.33. The van der Waals surface area contributed by atoms with Crippen LogP contribution in [0.1, 0.15) is 39.5 Å². The number of hydrogen-bond donors (Lipinski definition) is 2. The van der Waals surface area contributed by atoms with E-state index in [4.69, 9.17) is 10.2 Å². The van der Waals surface area contributed by atoms with Gasteiger partial charge in [-0.15, -0.1) is 0 Å². The zero-order valence-electron chi connectivity index (χ0n) is 7.58. The third-order valence-electron chi connectivity index (χ3n) is 2.07. The van der Waals surface area contributed by atoms with Gasteiger partial charge in [-0.3, -0.25) is 0 Å². The topological polar surface area (TPSA) is 40.5 Å². The number of aliphatic hydroxyl groups is 2. The summed E-state index contributed by atoms with van der Waals surface area (Å²) < 4.78 is 0. The molecular weight excluding hydrogens is 140 g/mol. The van der Waals surface area contributed by atoms with Crippen LogP contribution in [0, 0.1) is 5.92 Å². The summed E-state index contributed by atoms with van der Waals surface area (Å²) in [6.07, 6.45) is 3.67. The molecule has 0 atom stereocenters. The Kier molecular flexibility index (Phi) is 6.57. The number of hydrogen-bond acceptors (Lipinski definition) is 2. The van der Waals surface area contributed by atoms with Crippen molar-refractivity contribution < 1.29 is 10.2 Å². The van der Waals surface area contributed by atoms with Gasteiger partial charge >= 0.3 is 0 Å². The van der Waals surface area contributed by atoms with Crippen molar-refractivity contribution in [1.29, 1.82) is 0 Å². The highest BCUT2D eigenvalue weighted by molar-refractivity contribution is 4.70. The third kappa shape index (κ3) is 4.38. The molecular formula is C9H20O2. The van der Waals surface area contributed by atoms with Crippen molar-refractivity contribution >= 4 is 0 Å². The van der Waals surface area contributed by atoms with Gasteiger partial charge in [-0.1, -0.05) is 13.8 Å². The van der Waals surface area contributed by atoms with Crippen LogP contribution >= 0.6 is 0 Å². The molecule has 0 saturated heterocycles. The Bertz CT molecular complexity index is 75.6. The average molecular weight is 160 g/mol. The highest BCUT2D eigenvalue weighted by Gasteiger charge is 2.17. The van der Waals surface area contributed by atoms with E-state index in [1.54, 1.807) is 0 Å². The molecule has 0 aromatic rings. The predicted molar refractivity (Wildman–Crippen MR) is 46.4 cm³/mol. The van der Waals surface area contributed by atoms with Gasteiger partial charge in [-0.05, 0) is 31.6 Å². The van der Waals surface area contributed by atoms with Crippen LogP contribution in [0.2, 0.25) is 0 Å². The van der Waals surface area contributed by atoms with Crippen LogP contribution in [0.4, 0.5) is 0 Å². The second-order valence-corrected chi connectivity index (χ2v) is 2.86. The fourth-order valence-corrected chi connectivity index (χ4v) is 1.33. The molecule has 0 radical (unpaired) electrons. The van der Waals surface area contributed by atoms with E-state index >= 15 is 0 Å². The Hall–Kier alpha value is -0.0800. The molecule has 68 valence electrons. The Balaban J connectivity index is 0.000000461. The molecule has 2 heteroatoms. The van der Waals surface area contributed by atoms with Crippen LogP contribution < -0.4 is 0 Å². The molecule has 1 aliphatic rings. The normalized spacial score (nSPS) is 30.5. The fourth-order valence-electron chi connectivity index (χ4n) is 1.33. The lowest BCUT2D eigenvalue weighted by molar-refractivity contribution is 0.0872. The van der Waals surface area contributed by atoms with E-state index in [2.05, 4.69) is 0 Å². The zero-order valence-corrected chi connectivity index (χ0v) is 7.58. The number of rotatable bonds is 1. The van der Waals surface area contributed by atoms with Crippen molar-refractivity contribution in [2.24, 2.45) is 5.92 Å². The first kappa shape index (κ1) is 10.9. The molecule has 11 heavy (non-hydrogen) atoms. The lowest BCUT2D eigenvalue weighted by Gasteiger charge is -2.23. The number of aliphatic hydroxyl groups excluding tert-OH is 2. The highest BCUT2D eigenvalue weighted by Crippen LogP contribution is 2.22. The summed E-state index contributed by atoms with van der Waals surface area (Å²) in [7, 11) is 0. The summed E-state index contributed by atoms with van der Waals surface area (Å²) in [6, 6.07) is 0. The summed E-state index contributed by atoms with van der Waals surface area (Å²) in [6.45, 7) is 4.30. The Labute approximate surface area is 69.2 Å². The lowest BCUT2D eigenvalue weighted by Crippen LogP contribution is -2.20. The molecule has 0 heterocycles. The molecule has 1 fully saturated rings. The summed E-state index contributed by atoms with van der Waals surface area (Å²) >= 11 is 0. The molecule has 0 unspecified atom stereocenters. The third-order valence-corrected chi connectivity index (χ3v) is 2.07. The first-order valence-electron chi connectivity index (χ1n) is 4.62. The molecule has 0 spiro atoms. The second kappa shape index (κ2) is 6.62. The smallest absolute Gasteiger partial charge is 0.0540 e. The van der Waals surface area contributed by atoms with Gasteiger partial charge in [0.25, 0.3) is 0 Å². The van der Waals surface area contributed by atoms with Crippen LogP contribution in [-0.2, 0) is 0 Å². The largest absolute Gasteiger partial charge is 0.396 e. The molecule has 1 rings (SSSR count). The molecule has 0 amide bonds. The van der Waals surface area contributed by atoms with Gasteiger partial charge in [0.2, 0.25) is 0 Å². The summed E-state index contributed by atoms with van der Waals surface area (Å²) in [4.78, 5) is 0. The van der Waals surface area contributed by atoms with E-state index in [0.717, 1.165) is 25.7 Å². The van der Waals surface area contributed by atoms with Crippen molar-refractivity contribution in [1.82, 2.24) is 0 Å². The van der Waals surface area contributed by atoms with Crippen LogP contribution in [0.3, 0.4) is 0 Å². The molecule has 0 aromatic carbocycles. The maximum Gasteiger partial charge on any atom is 0.0540 e. The summed E-state index contributed by atoms with van der Waals surface area (Å²) in [5, 5.41) is 17.7. The Morgan fingerprint density at radius 2 is 1.55 bits per heavy atom. The van der Waals surface area contributed by atoms with Gasteiger partial charge < -0.3 is 10.2 Å². The van der Waals surface area contributed by atoms with Gasteiger partial charge in [0.05, 0.1) is 6.10 Å².